The lowest BCUT2D eigenvalue weighted by Gasteiger charge is -2.45. The Morgan fingerprint density at radius 2 is 1.92 bits per heavy atom. The predicted octanol–water partition coefficient (Wildman–Crippen LogP) is 3.20. The van der Waals surface area contributed by atoms with Crippen LogP contribution in [-0.4, -0.2) is 36.6 Å². The summed E-state index contributed by atoms with van der Waals surface area (Å²) in [5.41, 5.74) is 1.13. The van der Waals surface area contributed by atoms with Gasteiger partial charge in [-0.3, -0.25) is 0 Å². The number of ether oxygens (including phenoxy) is 2. The number of hydrogen-bond donors (Lipinski definition) is 2. The van der Waals surface area contributed by atoms with Crippen molar-refractivity contribution in [2.75, 3.05) is 19.8 Å². The molecule has 1 spiro atoms. The fourth-order valence-corrected chi connectivity index (χ4v) is 4.77. The van der Waals surface area contributed by atoms with Gasteiger partial charge in [0.15, 0.2) is 0 Å². The molecular formula is C20H29NO3. The van der Waals surface area contributed by atoms with Crippen LogP contribution in [0.25, 0.3) is 0 Å². The highest BCUT2D eigenvalue weighted by molar-refractivity contribution is 5.39. The Balaban J connectivity index is 1.57. The number of hydrogen-bond acceptors (Lipinski definition) is 4. The van der Waals surface area contributed by atoms with Crippen molar-refractivity contribution in [3.63, 3.8) is 0 Å². The molecule has 0 bridgehead atoms. The summed E-state index contributed by atoms with van der Waals surface area (Å²) in [4.78, 5) is 0. The maximum Gasteiger partial charge on any atom is 0.124 e. The van der Waals surface area contributed by atoms with Gasteiger partial charge in [0.1, 0.15) is 11.4 Å². The van der Waals surface area contributed by atoms with Crippen molar-refractivity contribution in [3.8, 4) is 5.75 Å². The second-order valence-corrected chi connectivity index (χ2v) is 7.69. The zero-order valence-corrected chi connectivity index (χ0v) is 14.4. The second-order valence-electron chi connectivity index (χ2n) is 7.69. The summed E-state index contributed by atoms with van der Waals surface area (Å²) in [6, 6.07) is 8.84. The molecule has 2 atom stereocenters. The third-order valence-electron chi connectivity index (χ3n) is 6.18. The van der Waals surface area contributed by atoms with E-state index in [0.717, 1.165) is 38.2 Å². The topological polar surface area (TPSA) is 50.7 Å². The zero-order valence-electron chi connectivity index (χ0n) is 14.4. The molecule has 2 heterocycles. The van der Waals surface area contributed by atoms with Crippen molar-refractivity contribution in [2.24, 2.45) is 5.92 Å². The largest absolute Gasteiger partial charge is 0.487 e. The minimum atomic E-state index is -0.111. The monoisotopic (exact) mass is 331 g/mol. The van der Waals surface area contributed by atoms with Crippen LogP contribution in [0.1, 0.15) is 56.6 Å². The van der Waals surface area contributed by atoms with Gasteiger partial charge in [0.25, 0.3) is 0 Å². The van der Waals surface area contributed by atoms with E-state index in [1.165, 1.54) is 31.2 Å². The standard InChI is InChI=1S/C20H29NO3/c22-14-18(15-5-1-2-6-15)21-17-13-20(9-11-23-12-10-20)24-19-8-4-3-7-16(17)19/h3-4,7-8,15,17-18,21-22H,1-2,5-6,9-14H2. The number of rotatable bonds is 4. The summed E-state index contributed by atoms with van der Waals surface area (Å²) >= 11 is 0. The van der Waals surface area contributed by atoms with Gasteiger partial charge in [0, 0.05) is 36.9 Å². The first-order chi connectivity index (χ1) is 11.8. The molecule has 1 aromatic carbocycles. The molecule has 3 aliphatic rings. The molecule has 4 heteroatoms. The molecule has 2 N–H and O–H groups in total. The number of para-hydroxylation sites is 1. The Bertz CT molecular complexity index is 550. The number of fused-ring (bicyclic) bond motifs is 1. The summed E-state index contributed by atoms with van der Waals surface area (Å²) in [7, 11) is 0. The molecule has 1 aliphatic carbocycles. The summed E-state index contributed by atoms with van der Waals surface area (Å²) in [5.74, 6) is 1.61. The van der Waals surface area contributed by atoms with Crippen LogP contribution >= 0.6 is 0 Å². The molecular weight excluding hydrogens is 302 g/mol. The van der Waals surface area contributed by atoms with Crippen LogP contribution in [0.3, 0.4) is 0 Å². The van der Waals surface area contributed by atoms with Gasteiger partial charge in [0.2, 0.25) is 0 Å². The van der Waals surface area contributed by atoms with Crippen molar-refractivity contribution in [3.05, 3.63) is 29.8 Å². The van der Waals surface area contributed by atoms with E-state index >= 15 is 0 Å². The number of nitrogens with one attached hydrogen (secondary N) is 1. The number of aliphatic hydroxyl groups is 1. The van der Waals surface area contributed by atoms with E-state index in [0.29, 0.717) is 5.92 Å². The molecule has 132 valence electrons. The zero-order chi connectivity index (χ0) is 16.4. The molecule has 2 fully saturated rings. The van der Waals surface area contributed by atoms with Crippen LogP contribution in [0.5, 0.6) is 5.75 Å². The van der Waals surface area contributed by atoms with Crippen LogP contribution in [0, 0.1) is 5.92 Å². The molecule has 0 aromatic heterocycles. The highest BCUT2D eigenvalue weighted by atomic mass is 16.5. The Morgan fingerprint density at radius 3 is 2.67 bits per heavy atom. The van der Waals surface area contributed by atoms with Crippen molar-refractivity contribution in [1.29, 1.82) is 0 Å². The number of benzene rings is 1. The third-order valence-corrected chi connectivity index (χ3v) is 6.18. The van der Waals surface area contributed by atoms with E-state index in [9.17, 15) is 5.11 Å². The first kappa shape index (κ1) is 16.4. The predicted molar refractivity (Wildman–Crippen MR) is 93.2 cm³/mol. The fraction of sp³-hybridized carbons (Fsp3) is 0.700. The van der Waals surface area contributed by atoms with E-state index in [1.807, 2.05) is 0 Å². The van der Waals surface area contributed by atoms with Gasteiger partial charge in [-0.1, -0.05) is 31.0 Å². The molecule has 1 aromatic rings. The van der Waals surface area contributed by atoms with Crippen LogP contribution in [0.2, 0.25) is 0 Å². The third kappa shape index (κ3) is 3.19. The van der Waals surface area contributed by atoms with E-state index in [-0.39, 0.29) is 24.3 Å². The summed E-state index contributed by atoms with van der Waals surface area (Å²) < 4.78 is 12.0. The van der Waals surface area contributed by atoms with Crippen LogP contribution in [0.15, 0.2) is 24.3 Å². The maximum atomic E-state index is 9.95. The van der Waals surface area contributed by atoms with Gasteiger partial charge < -0.3 is 19.9 Å². The highest BCUT2D eigenvalue weighted by Crippen LogP contribution is 2.44. The van der Waals surface area contributed by atoms with Crippen molar-refractivity contribution >= 4 is 0 Å². The van der Waals surface area contributed by atoms with Gasteiger partial charge in [-0.15, -0.1) is 0 Å². The molecule has 2 unspecified atom stereocenters. The lowest BCUT2D eigenvalue weighted by atomic mass is 9.81. The molecule has 1 saturated carbocycles. The smallest absolute Gasteiger partial charge is 0.124 e. The van der Waals surface area contributed by atoms with Crippen molar-refractivity contribution in [1.82, 2.24) is 5.32 Å². The SMILES string of the molecule is OCC(NC1CC2(CCOCC2)Oc2ccccc21)C1CCCC1. The normalized spacial score (nSPS) is 27.6. The Hall–Kier alpha value is -1.10. The molecule has 4 rings (SSSR count). The minimum absolute atomic E-state index is 0.111. The minimum Gasteiger partial charge on any atom is -0.487 e. The van der Waals surface area contributed by atoms with E-state index in [1.54, 1.807) is 0 Å². The summed E-state index contributed by atoms with van der Waals surface area (Å²) in [6.45, 7) is 1.78. The molecule has 2 aliphatic heterocycles. The van der Waals surface area contributed by atoms with Gasteiger partial charge >= 0.3 is 0 Å². The highest BCUT2D eigenvalue weighted by Gasteiger charge is 2.43. The Morgan fingerprint density at radius 1 is 1.17 bits per heavy atom. The molecule has 24 heavy (non-hydrogen) atoms. The van der Waals surface area contributed by atoms with Crippen molar-refractivity contribution < 1.29 is 14.6 Å². The first-order valence-electron chi connectivity index (χ1n) is 9.52. The van der Waals surface area contributed by atoms with Crippen molar-refractivity contribution in [2.45, 2.75) is 62.6 Å². The average molecular weight is 331 g/mol. The maximum absolute atomic E-state index is 9.95. The van der Waals surface area contributed by atoms with E-state index < -0.39 is 0 Å². The van der Waals surface area contributed by atoms with E-state index in [4.69, 9.17) is 9.47 Å². The quantitative estimate of drug-likeness (QED) is 0.889. The summed E-state index contributed by atoms with van der Waals surface area (Å²) in [6.07, 6.45) is 7.95. The van der Waals surface area contributed by atoms with Gasteiger partial charge in [-0.25, -0.2) is 0 Å². The van der Waals surface area contributed by atoms with Crippen LogP contribution in [0.4, 0.5) is 0 Å². The molecule has 0 radical (unpaired) electrons. The Labute approximate surface area is 144 Å². The van der Waals surface area contributed by atoms with Crippen LogP contribution in [-0.2, 0) is 4.74 Å². The lowest BCUT2D eigenvalue weighted by molar-refractivity contribution is -0.0661. The second kappa shape index (κ2) is 7.03. The lowest BCUT2D eigenvalue weighted by Crippen LogP contribution is -2.50. The molecule has 1 saturated heterocycles. The van der Waals surface area contributed by atoms with Gasteiger partial charge in [-0.05, 0) is 24.8 Å². The molecule has 4 nitrogen and oxygen atoms in total. The first-order valence-corrected chi connectivity index (χ1v) is 9.52. The Kier molecular flexibility index (Phi) is 4.79. The van der Waals surface area contributed by atoms with E-state index in [2.05, 4.69) is 29.6 Å². The fourth-order valence-electron chi connectivity index (χ4n) is 4.77. The average Bonchev–Trinajstić information content (AvgIpc) is 3.14. The number of aliphatic hydroxyl groups excluding tert-OH is 1. The van der Waals surface area contributed by atoms with Gasteiger partial charge in [-0.2, -0.15) is 0 Å². The van der Waals surface area contributed by atoms with Crippen LogP contribution < -0.4 is 10.1 Å². The van der Waals surface area contributed by atoms with Gasteiger partial charge in [0.05, 0.1) is 19.8 Å². The molecule has 0 amide bonds. The summed E-state index contributed by atoms with van der Waals surface area (Å²) in [5, 5.41) is 13.8.